The maximum atomic E-state index is 11.2. The summed E-state index contributed by atoms with van der Waals surface area (Å²) >= 11 is 0. The van der Waals surface area contributed by atoms with Crippen LogP contribution in [0, 0.1) is 0 Å². The number of esters is 2. The number of aliphatic hydroxyl groups is 1. The predicted molar refractivity (Wildman–Crippen MR) is 143 cm³/mol. The number of carbonyl (C=O) groups is 2. The van der Waals surface area contributed by atoms with Crippen molar-refractivity contribution in [2.24, 2.45) is 0 Å². The van der Waals surface area contributed by atoms with Gasteiger partial charge in [0.05, 0.1) is 24.9 Å². The molecule has 0 amide bonds. The van der Waals surface area contributed by atoms with Gasteiger partial charge in [0.25, 0.3) is 0 Å². The Balaban J connectivity index is 0. The summed E-state index contributed by atoms with van der Waals surface area (Å²) in [7, 11) is 0. The van der Waals surface area contributed by atoms with Crippen LogP contribution in [0.3, 0.4) is 0 Å². The maximum absolute atomic E-state index is 11.2. The third-order valence-corrected chi connectivity index (χ3v) is 5.40. The van der Waals surface area contributed by atoms with E-state index in [0.29, 0.717) is 12.2 Å². The van der Waals surface area contributed by atoms with E-state index in [1.807, 2.05) is 0 Å². The first-order valence-corrected chi connectivity index (χ1v) is 13.6. The van der Waals surface area contributed by atoms with Gasteiger partial charge in [-0.1, -0.05) is 116 Å². The van der Waals surface area contributed by atoms with Crippen molar-refractivity contribution in [1.82, 2.24) is 0 Å². The number of hydrogen-bond acceptors (Lipinski definition) is 5. The van der Waals surface area contributed by atoms with Crippen molar-refractivity contribution in [3.05, 3.63) is 24.3 Å². The monoisotopic (exact) mass is 482 g/mol. The summed E-state index contributed by atoms with van der Waals surface area (Å²) < 4.78 is 9.79. The average molecular weight is 483 g/mol. The van der Waals surface area contributed by atoms with Crippen LogP contribution >= 0.6 is 0 Å². The lowest BCUT2D eigenvalue weighted by Gasteiger charge is -2.07. The summed E-state index contributed by atoms with van der Waals surface area (Å²) in [5, 5.41) is 8.42. The topological polar surface area (TPSA) is 72.8 Å². The van der Waals surface area contributed by atoms with E-state index in [-0.39, 0.29) is 24.3 Å². The van der Waals surface area contributed by atoms with Gasteiger partial charge in [0.2, 0.25) is 0 Å². The lowest BCUT2D eigenvalue weighted by molar-refractivity contribution is -0.143. The highest BCUT2D eigenvalue weighted by molar-refractivity contribution is 5.88. The Hall–Kier alpha value is -1.62. The molecular formula is C29H54O5. The van der Waals surface area contributed by atoms with E-state index in [0.717, 1.165) is 6.42 Å². The number of carbonyl (C=O) groups excluding carboxylic acids is 2. The zero-order valence-corrected chi connectivity index (χ0v) is 22.8. The third-order valence-electron chi connectivity index (χ3n) is 5.40. The smallest absolute Gasteiger partial charge is 0.336 e. The Morgan fingerprint density at radius 3 is 1.41 bits per heavy atom. The van der Waals surface area contributed by atoms with Gasteiger partial charge < -0.3 is 14.6 Å². The van der Waals surface area contributed by atoms with E-state index in [9.17, 15) is 9.59 Å². The molecule has 0 heterocycles. The van der Waals surface area contributed by atoms with Gasteiger partial charge in [-0.05, 0) is 27.2 Å². The molecule has 0 saturated carbocycles. The molecule has 0 aromatic carbocycles. The van der Waals surface area contributed by atoms with Crippen molar-refractivity contribution in [2.45, 2.75) is 137 Å². The van der Waals surface area contributed by atoms with Crippen molar-refractivity contribution in [1.29, 1.82) is 0 Å². The number of ether oxygens (including phenoxy) is 2. The second-order valence-corrected chi connectivity index (χ2v) is 9.44. The van der Waals surface area contributed by atoms with Crippen molar-refractivity contribution < 1.29 is 24.2 Å². The van der Waals surface area contributed by atoms with Crippen molar-refractivity contribution in [3.8, 4) is 0 Å². The quantitative estimate of drug-likeness (QED) is 0.102. The van der Waals surface area contributed by atoms with Gasteiger partial charge >= 0.3 is 11.9 Å². The van der Waals surface area contributed by atoms with Crippen LogP contribution in [0.15, 0.2) is 24.3 Å². The lowest BCUT2D eigenvalue weighted by Crippen LogP contribution is -2.14. The second-order valence-electron chi connectivity index (χ2n) is 9.44. The van der Waals surface area contributed by atoms with E-state index < -0.39 is 5.97 Å². The minimum absolute atomic E-state index is 0.0914. The average Bonchev–Trinajstić information content (AvgIpc) is 2.80. The van der Waals surface area contributed by atoms with Gasteiger partial charge in [-0.15, -0.1) is 0 Å². The van der Waals surface area contributed by atoms with Gasteiger partial charge in [0.15, 0.2) is 0 Å². The van der Waals surface area contributed by atoms with Crippen LogP contribution in [0.1, 0.15) is 130 Å². The van der Waals surface area contributed by atoms with Crippen LogP contribution in [0.2, 0.25) is 0 Å². The first-order valence-electron chi connectivity index (χ1n) is 13.6. The molecule has 0 aromatic rings. The largest absolute Gasteiger partial charge is 0.462 e. The molecule has 0 unspecified atom stereocenters. The molecule has 1 N–H and O–H groups in total. The Bertz CT molecular complexity index is 525. The highest BCUT2D eigenvalue weighted by Crippen LogP contribution is 2.13. The summed E-state index contributed by atoms with van der Waals surface area (Å²) in [4.78, 5) is 21.9. The van der Waals surface area contributed by atoms with E-state index in [1.165, 1.54) is 96.3 Å². The molecule has 5 heteroatoms. The van der Waals surface area contributed by atoms with Crippen LogP contribution in [0.25, 0.3) is 0 Å². The molecule has 200 valence electrons. The highest BCUT2D eigenvalue weighted by Gasteiger charge is 2.08. The molecule has 5 nitrogen and oxygen atoms in total. The molecule has 0 aliphatic heterocycles. The molecule has 0 rings (SSSR count). The molecule has 0 aromatic heterocycles. The Morgan fingerprint density at radius 2 is 1.09 bits per heavy atom. The van der Waals surface area contributed by atoms with E-state index in [2.05, 4.69) is 20.1 Å². The normalized spacial score (nSPS) is 10.4. The summed E-state index contributed by atoms with van der Waals surface area (Å²) in [6.45, 7) is 14.5. The highest BCUT2D eigenvalue weighted by atomic mass is 16.5. The first-order chi connectivity index (χ1) is 16.3. The second kappa shape index (κ2) is 26.0. The van der Waals surface area contributed by atoms with E-state index in [1.54, 1.807) is 20.8 Å². The molecule has 0 saturated heterocycles. The predicted octanol–water partition coefficient (Wildman–Crippen LogP) is 7.85. The van der Waals surface area contributed by atoms with E-state index in [4.69, 9.17) is 14.6 Å². The molecule has 0 atom stereocenters. The van der Waals surface area contributed by atoms with Gasteiger partial charge in [0, 0.05) is 5.57 Å². The molecule has 34 heavy (non-hydrogen) atoms. The summed E-state index contributed by atoms with van der Waals surface area (Å²) in [5.74, 6) is -0.784. The SMILES string of the molecule is C=C(C)C(=O)OCCCCCCCCCCCCCCCCCC.C=C(CO)C(=O)OC(C)C. The minimum atomic E-state index is -0.530. The molecule has 0 aliphatic rings. The molecule has 0 radical (unpaired) electrons. The molecule has 0 bridgehead atoms. The molecule has 0 fully saturated rings. The molecule has 0 aliphatic carbocycles. The molecule has 0 spiro atoms. The Morgan fingerprint density at radius 1 is 0.706 bits per heavy atom. The van der Waals surface area contributed by atoms with Gasteiger partial charge in [0.1, 0.15) is 0 Å². The number of unbranched alkanes of at least 4 members (excludes halogenated alkanes) is 15. The Kier molecular flexibility index (Phi) is 26.4. The minimum Gasteiger partial charge on any atom is -0.462 e. The fourth-order valence-corrected chi connectivity index (χ4v) is 3.30. The van der Waals surface area contributed by atoms with Gasteiger partial charge in [-0.2, -0.15) is 0 Å². The molecular weight excluding hydrogens is 428 g/mol. The van der Waals surface area contributed by atoms with Gasteiger partial charge in [-0.25, -0.2) is 9.59 Å². The third kappa shape index (κ3) is 26.6. The summed E-state index contributed by atoms with van der Waals surface area (Å²) in [6, 6.07) is 0. The van der Waals surface area contributed by atoms with Crippen molar-refractivity contribution in [2.75, 3.05) is 13.2 Å². The number of hydrogen-bond donors (Lipinski definition) is 1. The number of aliphatic hydroxyl groups excluding tert-OH is 1. The standard InChI is InChI=1S/C22H42O2.C7H12O3/c1-4-5-6-7-8-9-10-11-12-13-14-15-16-17-18-19-20-24-22(23)21(2)3;1-5(2)10-7(9)6(3)4-8/h2,4-20H2,1,3H3;5,8H,3-4H2,1-2H3. The van der Waals surface area contributed by atoms with Gasteiger partial charge in [-0.3, -0.25) is 0 Å². The van der Waals surface area contributed by atoms with Crippen LogP contribution < -0.4 is 0 Å². The zero-order chi connectivity index (χ0) is 26.0. The Labute approximate surface area is 210 Å². The van der Waals surface area contributed by atoms with Crippen molar-refractivity contribution in [3.63, 3.8) is 0 Å². The lowest BCUT2D eigenvalue weighted by atomic mass is 10.0. The zero-order valence-electron chi connectivity index (χ0n) is 22.8. The maximum Gasteiger partial charge on any atom is 0.336 e. The van der Waals surface area contributed by atoms with Crippen LogP contribution in [-0.2, 0) is 19.1 Å². The van der Waals surface area contributed by atoms with Crippen LogP contribution in [0.4, 0.5) is 0 Å². The summed E-state index contributed by atoms with van der Waals surface area (Å²) in [5.41, 5.74) is 0.584. The fourth-order valence-electron chi connectivity index (χ4n) is 3.30. The van der Waals surface area contributed by atoms with Crippen molar-refractivity contribution >= 4 is 11.9 Å². The van der Waals surface area contributed by atoms with Crippen LogP contribution in [0.5, 0.6) is 0 Å². The van der Waals surface area contributed by atoms with E-state index >= 15 is 0 Å². The number of rotatable bonds is 21. The fraction of sp³-hybridized carbons (Fsp3) is 0.793. The summed E-state index contributed by atoms with van der Waals surface area (Å²) in [6.07, 6.45) is 21.6. The van der Waals surface area contributed by atoms with Crippen LogP contribution in [-0.4, -0.2) is 36.4 Å². The first kappa shape index (κ1) is 34.5.